The molecule has 0 saturated heterocycles. The zero-order valence-corrected chi connectivity index (χ0v) is 15.2. The molecule has 3 rings (SSSR count). The van der Waals surface area contributed by atoms with E-state index in [4.69, 9.17) is 0 Å². The molecule has 0 radical (unpaired) electrons. The van der Waals surface area contributed by atoms with Crippen LogP contribution in [0.4, 0.5) is 32.3 Å². The number of para-hydroxylation sites is 1. The Kier molecular flexibility index (Phi) is 6.29. The Morgan fingerprint density at radius 1 is 1.00 bits per heavy atom. The molecule has 0 atom stereocenters. The zero-order valence-electron chi connectivity index (χ0n) is 15.2. The van der Waals surface area contributed by atoms with Crippen molar-refractivity contribution in [1.29, 1.82) is 0 Å². The molecule has 0 bridgehead atoms. The van der Waals surface area contributed by atoms with Crippen LogP contribution in [0, 0.1) is 12.7 Å². The summed E-state index contributed by atoms with van der Waals surface area (Å²) >= 11 is 0. The highest BCUT2D eigenvalue weighted by molar-refractivity contribution is 5.89. The number of carbonyl (C=O) groups excluding carboxylic acids is 1. The molecule has 9 heteroatoms. The number of pyridine rings is 1. The van der Waals surface area contributed by atoms with E-state index in [9.17, 15) is 9.18 Å². The maximum absolute atomic E-state index is 13.5. The van der Waals surface area contributed by atoms with E-state index < -0.39 is 11.8 Å². The lowest BCUT2D eigenvalue weighted by Crippen LogP contribution is -2.33. The number of nitrogens with zero attached hydrogens (tertiary/aromatic N) is 3. The van der Waals surface area contributed by atoms with Crippen LogP contribution < -0.4 is 21.3 Å². The van der Waals surface area contributed by atoms with E-state index in [0.29, 0.717) is 30.5 Å². The first-order chi connectivity index (χ1) is 13.6. The SMILES string of the molecule is Cc1ccnc(Nc2cc(NCCNC(=O)Nc3ccccc3F)ncn2)c1. The molecule has 0 fully saturated rings. The molecular weight excluding hydrogens is 361 g/mol. The maximum atomic E-state index is 13.5. The van der Waals surface area contributed by atoms with E-state index in [1.165, 1.54) is 18.5 Å². The highest BCUT2D eigenvalue weighted by Gasteiger charge is 2.05. The van der Waals surface area contributed by atoms with Gasteiger partial charge in [0.15, 0.2) is 0 Å². The van der Waals surface area contributed by atoms with E-state index in [0.717, 1.165) is 5.56 Å². The van der Waals surface area contributed by atoms with Crippen molar-refractivity contribution in [2.45, 2.75) is 6.92 Å². The molecule has 3 aromatic rings. The molecule has 0 saturated carbocycles. The van der Waals surface area contributed by atoms with Gasteiger partial charge in [-0.2, -0.15) is 0 Å². The summed E-state index contributed by atoms with van der Waals surface area (Å²) in [6.07, 6.45) is 3.15. The van der Waals surface area contributed by atoms with Crippen molar-refractivity contribution in [2.24, 2.45) is 0 Å². The quantitative estimate of drug-likeness (QED) is 0.468. The van der Waals surface area contributed by atoms with Crippen LogP contribution in [0.15, 0.2) is 55.0 Å². The number of carbonyl (C=O) groups is 1. The second kappa shape index (κ2) is 9.26. The highest BCUT2D eigenvalue weighted by Crippen LogP contribution is 2.15. The number of amides is 2. The van der Waals surface area contributed by atoms with Gasteiger partial charge in [0.05, 0.1) is 5.69 Å². The lowest BCUT2D eigenvalue weighted by molar-refractivity contribution is 0.252. The molecule has 28 heavy (non-hydrogen) atoms. The lowest BCUT2D eigenvalue weighted by Gasteiger charge is -2.10. The second-order valence-corrected chi connectivity index (χ2v) is 5.92. The average Bonchev–Trinajstić information content (AvgIpc) is 2.67. The summed E-state index contributed by atoms with van der Waals surface area (Å²) in [5.41, 5.74) is 1.22. The summed E-state index contributed by atoms with van der Waals surface area (Å²) in [6, 6.07) is 11.1. The molecule has 0 aliphatic rings. The van der Waals surface area contributed by atoms with E-state index in [-0.39, 0.29) is 5.69 Å². The number of nitrogens with one attached hydrogen (secondary N) is 4. The third-order valence-corrected chi connectivity index (χ3v) is 3.68. The first-order valence-corrected chi connectivity index (χ1v) is 8.65. The van der Waals surface area contributed by atoms with Gasteiger partial charge in [-0.3, -0.25) is 0 Å². The van der Waals surface area contributed by atoms with Crippen LogP contribution in [0.3, 0.4) is 0 Å². The number of aryl methyl sites for hydroxylation is 1. The van der Waals surface area contributed by atoms with Crippen molar-refractivity contribution >= 4 is 29.2 Å². The summed E-state index contributed by atoms with van der Waals surface area (Å²) in [4.78, 5) is 24.3. The third-order valence-electron chi connectivity index (χ3n) is 3.68. The van der Waals surface area contributed by atoms with Crippen LogP contribution in [0.25, 0.3) is 0 Å². The van der Waals surface area contributed by atoms with E-state index in [1.54, 1.807) is 24.4 Å². The molecule has 2 amide bonds. The monoisotopic (exact) mass is 381 g/mol. The van der Waals surface area contributed by atoms with Gasteiger partial charge in [0.25, 0.3) is 0 Å². The van der Waals surface area contributed by atoms with Crippen molar-refractivity contribution < 1.29 is 9.18 Å². The molecule has 0 aliphatic carbocycles. The van der Waals surface area contributed by atoms with Gasteiger partial charge in [-0.05, 0) is 36.8 Å². The minimum Gasteiger partial charge on any atom is -0.368 e. The van der Waals surface area contributed by atoms with Gasteiger partial charge in [0.2, 0.25) is 0 Å². The molecule has 8 nitrogen and oxygen atoms in total. The lowest BCUT2D eigenvalue weighted by atomic mass is 10.3. The van der Waals surface area contributed by atoms with E-state index >= 15 is 0 Å². The van der Waals surface area contributed by atoms with Crippen molar-refractivity contribution in [3.05, 3.63) is 66.4 Å². The van der Waals surface area contributed by atoms with Crippen molar-refractivity contribution in [1.82, 2.24) is 20.3 Å². The zero-order chi connectivity index (χ0) is 19.8. The Bertz CT molecular complexity index is 951. The molecule has 1 aromatic carbocycles. The summed E-state index contributed by atoms with van der Waals surface area (Å²) in [6.45, 7) is 2.74. The highest BCUT2D eigenvalue weighted by atomic mass is 19.1. The smallest absolute Gasteiger partial charge is 0.319 e. The van der Waals surface area contributed by atoms with Crippen LogP contribution in [0.5, 0.6) is 0 Å². The van der Waals surface area contributed by atoms with Crippen molar-refractivity contribution in [3.63, 3.8) is 0 Å². The molecule has 0 spiro atoms. The molecular formula is C19H20FN7O. The van der Waals surface area contributed by atoms with Crippen LogP contribution in [-0.2, 0) is 0 Å². The fraction of sp³-hybridized carbons (Fsp3) is 0.158. The molecule has 0 unspecified atom stereocenters. The van der Waals surface area contributed by atoms with Gasteiger partial charge in [-0.25, -0.2) is 24.1 Å². The number of halogens is 1. The Hall–Kier alpha value is -3.75. The van der Waals surface area contributed by atoms with E-state index in [2.05, 4.69) is 36.2 Å². The Morgan fingerprint density at radius 3 is 2.61 bits per heavy atom. The standard InChI is InChI=1S/C19H20FN7O/c1-13-6-7-21-17(10-13)27-18-11-16(24-12-25-18)22-8-9-23-19(28)26-15-5-3-2-4-14(15)20/h2-7,10-12H,8-9H2,1H3,(H2,23,26,28)(H2,21,22,24,25,27). The van der Waals surface area contributed by atoms with Crippen LogP contribution >= 0.6 is 0 Å². The Morgan fingerprint density at radius 2 is 1.79 bits per heavy atom. The first-order valence-electron chi connectivity index (χ1n) is 8.65. The van der Waals surface area contributed by atoms with Gasteiger partial charge in [0, 0.05) is 25.4 Å². The Labute approximate surface area is 161 Å². The fourth-order valence-electron chi connectivity index (χ4n) is 2.35. The maximum Gasteiger partial charge on any atom is 0.319 e. The van der Waals surface area contributed by atoms with Crippen LogP contribution in [-0.4, -0.2) is 34.1 Å². The predicted octanol–water partition coefficient (Wildman–Crippen LogP) is 3.30. The minimum absolute atomic E-state index is 0.129. The normalized spacial score (nSPS) is 10.2. The Balaban J connectivity index is 1.45. The number of urea groups is 1. The molecule has 2 heterocycles. The number of aromatic nitrogens is 3. The van der Waals surface area contributed by atoms with Crippen molar-refractivity contribution in [2.75, 3.05) is 29.0 Å². The number of hydrogen-bond acceptors (Lipinski definition) is 6. The van der Waals surface area contributed by atoms with Gasteiger partial charge in [0.1, 0.15) is 29.6 Å². The van der Waals surface area contributed by atoms with Gasteiger partial charge in [-0.1, -0.05) is 12.1 Å². The largest absolute Gasteiger partial charge is 0.368 e. The summed E-state index contributed by atoms with van der Waals surface area (Å²) in [5, 5.41) is 11.3. The predicted molar refractivity (Wildman–Crippen MR) is 106 cm³/mol. The number of rotatable bonds is 7. The molecule has 144 valence electrons. The minimum atomic E-state index is -0.486. The van der Waals surface area contributed by atoms with Gasteiger partial charge >= 0.3 is 6.03 Å². The fourth-order valence-corrected chi connectivity index (χ4v) is 2.35. The van der Waals surface area contributed by atoms with Gasteiger partial charge < -0.3 is 21.3 Å². The number of hydrogen-bond donors (Lipinski definition) is 4. The third kappa shape index (κ3) is 5.63. The number of anilines is 4. The molecule has 4 N–H and O–H groups in total. The topological polar surface area (TPSA) is 104 Å². The number of benzene rings is 1. The van der Waals surface area contributed by atoms with Gasteiger partial charge in [-0.15, -0.1) is 0 Å². The summed E-state index contributed by atoms with van der Waals surface area (Å²) in [7, 11) is 0. The summed E-state index contributed by atoms with van der Waals surface area (Å²) in [5.74, 6) is 1.40. The average molecular weight is 381 g/mol. The molecule has 0 aliphatic heterocycles. The van der Waals surface area contributed by atoms with Crippen LogP contribution in [0.2, 0.25) is 0 Å². The van der Waals surface area contributed by atoms with Crippen LogP contribution in [0.1, 0.15) is 5.56 Å². The van der Waals surface area contributed by atoms with E-state index in [1.807, 2.05) is 19.1 Å². The molecule has 2 aromatic heterocycles. The second-order valence-electron chi connectivity index (χ2n) is 5.92. The van der Waals surface area contributed by atoms with Crippen molar-refractivity contribution in [3.8, 4) is 0 Å². The first kappa shape index (κ1) is 19.0. The summed E-state index contributed by atoms with van der Waals surface area (Å²) < 4.78 is 13.5.